The molecule has 84 valence electrons. The van der Waals surface area contributed by atoms with Crippen molar-refractivity contribution >= 4 is 11.8 Å². The van der Waals surface area contributed by atoms with E-state index in [1.54, 1.807) is 18.0 Å². The van der Waals surface area contributed by atoms with Crippen LogP contribution in [0.5, 0.6) is 0 Å². The molecule has 2 rings (SSSR count). The Balaban J connectivity index is 1.94. The predicted molar refractivity (Wildman–Crippen MR) is 67.5 cm³/mol. The third-order valence-corrected chi connectivity index (χ3v) is 3.72. The molecule has 1 unspecified atom stereocenters. The fourth-order valence-corrected chi connectivity index (χ4v) is 2.45. The first kappa shape index (κ1) is 11.3. The van der Waals surface area contributed by atoms with Crippen LogP contribution in [-0.4, -0.2) is 5.75 Å². The third kappa shape index (κ3) is 2.68. The molecule has 16 heavy (non-hydrogen) atoms. The van der Waals surface area contributed by atoms with Gasteiger partial charge in [-0.1, -0.05) is 30.3 Å². The summed E-state index contributed by atoms with van der Waals surface area (Å²) in [6.45, 7) is 1.97. The zero-order valence-electron chi connectivity index (χ0n) is 9.22. The maximum absolute atomic E-state index is 6.11. The zero-order valence-corrected chi connectivity index (χ0v) is 10.0. The number of nitrogens with two attached hydrogens (primary N) is 1. The second kappa shape index (κ2) is 5.23. The summed E-state index contributed by atoms with van der Waals surface area (Å²) in [7, 11) is 0. The Morgan fingerprint density at radius 3 is 2.62 bits per heavy atom. The number of thioether (sulfide) groups is 1. The summed E-state index contributed by atoms with van der Waals surface area (Å²) < 4.78 is 5.24. The molecule has 0 spiro atoms. The van der Waals surface area contributed by atoms with Crippen LogP contribution in [0.4, 0.5) is 0 Å². The molecule has 0 radical (unpaired) electrons. The lowest BCUT2D eigenvalue weighted by Gasteiger charge is -2.10. The van der Waals surface area contributed by atoms with Gasteiger partial charge in [-0.25, -0.2) is 0 Å². The standard InChI is InChI=1S/C13H15NOS/c1-10-13(7-8-15-10)16-9-12(14)11-5-3-2-4-6-11/h2-8,12H,9,14H2,1H3. The second-order valence-corrected chi connectivity index (χ2v) is 4.73. The molecular weight excluding hydrogens is 218 g/mol. The Labute approximate surface area is 99.8 Å². The molecule has 2 nitrogen and oxygen atoms in total. The molecule has 1 aromatic carbocycles. The number of aryl methyl sites for hydroxylation is 1. The van der Waals surface area contributed by atoms with Gasteiger partial charge in [-0.05, 0) is 18.6 Å². The molecule has 0 saturated heterocycles. The van der Waals surface area contributed by atoms with Crippen LogP contribution in [0.25, 0.3) is 0 Å². The highest BCUT2D eigenvalue weighted by Crippen LogP contribution is 2.26. The van der Waals surface area contributed by atoms with E-state index in [0.29, 0.717) is 0 Å². The third-order valence-electron chi connectivity index (χ3n) is 2.46. The maximum Gasteiger partial charge on any atom is 0.114 e. The average molecular weight is 233 g/mol. The predicted octanol–water partition coefficient (Wildman–Crippen LogP) is 3.38. The Kier molecular flexibility index (Phi) is 3.70. The summed E-state index contributed by atoms with van der Waals surface area (Å²) in [6, 6.07) is 12.2. The van der Waals surface area contributed by atoms with Crippen molar-refractivity contribution in [3.63, 3.8) is 0 Å². The molecule has 2 N–H and O–H groups in total. The molecule has 0 fully saturated rings. The number of rotatable bonds is 4. The van der Waals surface area contributed by atoms with E-state index >= 15 is 0 Å². The van der Waals surface area contributed by atoms with Gasteiger partial charge in [-0.3, -0.25) is 0 Å². The van der Waals surface area contributed by atoms with E-state index in [-0.39, 0.29) is 6.04 Å². The van der Waals surface area contributed by atoms with Crippen molar-refractivity contribution in [1.29, 1.82) is 0 Å². The van der Waals surface area contributed by atoms with Crippen LogP contribution in [-0.2, 0) is 0 Å². The highest BCUT2D eigenvalue weighted by molar-refractivity contribution is 7.99. The molecule has 0 bridgehead atoms. The summed E-state index contributed by atoms with van der Waals surface area (Å²) >= 11 is 1.74. The zero-order chi connectivity index (χ0) is 11.4. The lowest BCUT2D eigenvalue weighted by atomic mass is 10.1. The maximum atomic E-state index is 6.11. The van der Waals surface area contributed by atoms with E-state index in [0.717, 1.165) is 11.5 Å². The monoisotopic (exact) mass is 233 g/mol. The van der Waals surface area contributed by atoms with Crippen molar-refractivity contribution < 1.29 is 4.42 Å². The van der Waals surface area contributed by atoms with E-state index in [4.69, 9.17) is 10.2 Å². The summed E-state index contributed by atoms with van der Waals surface area (Å²) in [4.78, 5) is 1.17. The quantitative estimate of drug-likeness (QED) is 0.823. The van der Waals surface area contributed by atoms with Gasteiger partial charge >= 0.3 is 0 Å². The number of furan rings is 1. The van der Waals surface area contributed by atoms with Crippen molar-refractivity contribution in [3.05, 3.63) is 54.0 Å². The van der Waals surface area contributed by atoms with Crippen LogP contribution in [0.15, 0.2) is 52.0 Å². The summed E-state index contributed by atoms with van der Waals surface area (Å²) in [5.74, 6) is 1.83. The second-order valence-electron chi connectivity index (χ2n) is 3.67. The first-order valence-corrected chi connectivity index (χ1v) is 6.23. The molecule has 0 saturated carbocycles. The number of hydrogen-bond donors (Lipinski definition) is 1. The van der Waals surface area contributed by atoms with Gasteiger partial charge in [0, 0.05) is 16.7 Å². The summed E-state index contributed by atoms with van der Waals surface area (Å²) in [5.41, 5.74) is 7.29. The van der Waals surface area contributed by atoms with Crippen molar-refractivity contribution in [2.45, 2.75) is 17.9 Å². The Morgan fingerprint density at radius 1 is 1.25 bits per heavy atom. The topological polar surface area (TPSA) is 39.2 Å². The van der Waals surface area contributed by atoms with Gasteiger partial charge in [-0.15, -0.1) is 11.8 Å². The Hall–Kier alpha value is -1.19. The summed E-state index contributed by atoms with van der Waals surface area (Å²) in [6.07, 6.45) is 1.71. The van der Waals surface area contributed by atoms with E-state index in [2.05, 4.69) is 12.1 Å². The smallest absolute Gasteiger partial charge is 0.114 e. The van der Waals surface area contributed by atoms with Gasteiger partial charge < -0.3 is 10.2 Å². The Morgan fingerprint density at radius 2 is 2.00 bits per heavy atom. The molecule has 0 aliphatic heterocycles. The lowest BCUT2D eigenvalue weighted by Crippen LogP contribution is -2.12. The van der Waals surface area contributed by atoms with Gasteiger partial charge in [0.05, 0.1) is 6.26 Å². The van der Waals surface area contributed by atoms with Gasteiger partial charge in [0.2, 0.25) is 0 Å². The normalized spacial score (nSPS) is 12.6. The number of benzene rings is 1. The molecule has 0 aliphatic rings. The number of hydrogen-bond acceptors (Lipinski definition) is 3. The largest absolute Gasteiger partial charge is 0.468 e. The minimum Gasteiger partial charge on any atom is -0.468 e. The van der Waals surface area contributed by atoms with Crippen LogP contribution in [0.2, 0.25) is 0 Å². The van der Waals surface area contributed by atoms with Gasteiger partial charge in [0.15, 0.2) is 0 Å². The highest BCUT2D eigenvalue weighted by atomic mass is 32.2. The van der Waals surface area contributed by atoms with Crippen molar-refractivity contribution in [1.82, 2.24) is 0 Å². The summed E-state index contributed by atoms with van der Waals surface area (Å²) in [5, 5.41) is 0. The molecular formula is C13H15NOS. The van der Waals surface area contributed by atoms with Crippen LogP contribution in [0.1, 0.15) is 17.4 Å². The highest BCUT2D eigenvalue weighted by Gasteiger charge is 2.08. The minimum atomic E-state index is 0.0699. The fraction of sp³-hybridized carbons (Fsp3) is 0.231. The molecule has 0 aliphatic carbocycles. The SMILES string of the molecule is Cc1occc1SCC(N)c1ccccc1. The fourth-order valence-electron chi connectivity index (χ4n) is 1.50. The lowest BCUT2D eigenvalue weighted by molar-refractivity contribution is 0.527. The van der Waals surface area contributed by atoms with Crippen LogP contribution >= 0.6 is 11.8 Å². The van der Waals surface area contributed by atoms with Gasteiger partial charge in [-0.2, -0.15) is 0 Å². The van der Waals surface area contributed by atoms with E-state index < -0.39 is 0 Å². The molecule has 1 heterocycles. The van der Waals surface area contributed by atoms with Gasteiger partial charge in [0.1, 0.15) is 5.76 Å². The van der Waals surface area contributed by atoms with Crippen molar-refractivity contribution in [2.75, 3.05) is 5.75 Å². The minimum absolute atomic E-state index is 0.0699. The molecule has 1 atom stereocenters. The molecule has 1 aromatic heterocycles. The van der Waals surface area contributed by atoms with E-state index in [9.17, 15) is 0 Å². The van der Waals surface area contributed by atoms with Crippen LogP contribution < -0.4 is 5.73 Å². The molecule has 3 heteroatoms. The molecule has 2 aromatic rings. The first-order chi connectivity index (χ1) is 7.77. The van der Waals surface area contributed by atoms with Crippen molar-refractivity contribution in [3.8, 4) is 0 Å². The van der Waals surface area contributed by atoms with E-state index in [1.807, 2.05) is 31.2 Å². The van der Waals surface area contributed by atoms with Crippen LogP contribution in [0, 0.1) is 6.92 Å². The van der Waals surface area contributed by atoms with Crippen LogP contribution in [0.3, 0.4) is 0 Å². The van der Waals surface area contributed by atoms with Crippen molar-refractivity contribution in [2.24, 2.45) is 5.73 Å². The first-order valence-electron chi connectivity index (χ1n) is 5.25. The molecule has 0 amide bonds. The van der Waals surface area contributed by atoms with Gasteiger partial charge in [0.25, 0.3) is 0 Å². The Bertz CT molecular complexity index is 438. The van der Waals surface area contributed by atoms with E-state index in [1.165, 1.54) is 10.5 Å². The average Bonchev–Trinajstić information content (AvgIpc) is 2.73.